The van der Waals surface area contributed by atoms with Crippen LogP contribution >= 0.6 is 11.3 Å². The lowest BCUT2D eigenvalue weighted by molar-refractivity contribution is -0.123. The fourth-order valence-corrected chi connectivity index (χ4v) is 1.79. The zero-order chi connectivity index (χ0) is 12.3. The Balaban J connectivity index is 2.58. The van der Waals surface area contributed by atoms with E-state index in [2.05, 4.69) is 0 Å². The van der Waals surface area contributed by atoms with E-state index in [4.69, 9.17) is 0 Å². The van der Waals surface area contributed by atoms with Gasteiger partial charge in [-0.15, -0.1) is 0 Å². The number of alkyl halides is 4. The van der Waals surface area contributed by atoms with Crippen molar-refractivity contribution < 1.29 is 22.4 Å². The summed E-state index contributed by atoms with van der Waals surface area (Å²) < 4.78 is 48.5. The monoisotopic (exact) mass is 255 g/mol. The first kappa shape index (κ1) is 13.0. The second kappa shape index (κ2) is 4.82. The summed E-state index contributed by atoms with van der Waals surface area (Å²) in [5, 5.41) is 4.93. The van der Waals surface area contributed by atoms with Crippen molar-refractivity contribution >= 4 is 17.2 Å². The summed E-state index contributed by atoms with van der Waals surface area (Å²) >= 11 is 1.24. The largest absolute Gasteiger partial charge is 0.346 e. The van der Waals surface area contributed by atoms with Gasteiger partial charge in [0.2, 0.25) is 0 Å². The van der Waals surface area contributed by atoms with Crippen LogP contribution in [0.3, 0.4) is 0 Å². The quantitative estimate of drug-likeness (QED) is 0.823. The van der Waals surface area contributed by atoms with Gasteiger partial charge in [0.25, 0.3) is 5.91 Å². The summed E-state index contributed by atoms with van der Waals surface area (Å²) in [5.74, 6) is -4.96. The number of halogens is 4. The first-order valence-electron chi connectivity index (χ1n) is 4.31. The third-order valence-electron chi connectivity index (χ3n) is 1.90. The molecule has 0 saturated carbocycles. The smallest absolute Gasteiger partial charge is 0.324 e. The van der Waals surface area contributed by atoms with Gasteiger partial charge >= 0.3 is 12.3 Å². The molecule has 2 nitrogen and oxygen atoms in total. The standard InChI is InChI=1S/C9H9F4NOS/c1-5-2-16-3-6(5)7(15)14-4-9(12,13)8(10)11/h2-3,8H,4H2,1H3,(H,14,15). The predicted molar refractivity (Wildman–Crippen MR) is 52.3 cm³/mol. The van der Waals surface area contributed by atoms with Crippen LogP contribution in [0.15, 0.2) is 10.8 Å². The molecule has 0 unspecified atom stereocenters. The molecule has 0 aliphatic rings. The van der Waals surface area contributed by atoms with Crippen LogP contribution in [0.25, 0.3) is 0 Å². The average molecular weight is 255 g/mol. The van der Waals surface area contributed by atoms with Crippen molar-refractivity contribution in [3.8, 4) is 0 Å². The SMILES string of the molecule is Cc1cscc1C(=O)NCC(F)(F)C(F)F. The molecule has 0 aromatic carbocycles. The lowest BCUT2D eigenvalue weighted by Crippen LogP contribution is -2.41. The minimum atomic E-state index is -4.19. The van der Waals surface area contributed by atoms with Crippen molar-refractivity contribution in [1.29, 1.82) is 0 Å². The van der Waals surface area contributed by atoms with E-state index < -0.39 is 24.8 Å². The van der Waals surface area contributed by atoms with Crippen LogP contribution in [0.4, 0.5) is 17.6 Å². The number of carbonyl (C=O) groups is 1. The maximum Gasteiger partial charge on any atom is 0.324 e. The van der Waals surface area contributed by atoms with Crippen LogP contribution in [-0.4, -0.2) is 24.8 Å². The zero-order valence-electron chi connectivity index (χ0n) is 8.27. The van der Waals surface area contributed by atoms with Gasteiger partial charge in [-0.1, -0.05) is 0 Å². The van der Waals surface area contributed by atoms with Gasteiger partial charge in [-0.3, -0.25) is 4.79 Å². The highest BCUT2D eigenvalue weighted by atomic mass is 32.1. The van der Waals surface area contributed by atoms with Gasteiger partial charge in [-0.05, 0) is 17.9 Å². The summed E-state index contributed by atoms with van der Waals surface area (Å²) in [7, 11) is 0. The van der Waals surface area contributed by atoms with Gasteiger partial charge in [-0.2, -0.15) is 20.1 Å². The molecule has 1 heterocycles. The Bertz CT molecular complexity index is 377. The Kier molecular flexibility index (Phi) is 3.90. The minimum absolute atomic E-state index is 0.232. The van der Waals surface area contributed by atoms with E-state index in [-0.39, 0.29) is 5.56 Å². The van der Waals surface area contributed by atoms with E-state index in [1.165, 1.54) is 16.7 Å². The summed E-state index contributed by atoms with van der Waals surface area (Å²) in [6.07, 6.45) is -3.78. The van der Waals surface area contributed by atoms with Gasteiger partial charge in [0, 0.05) is 5.38 Å². The first-order valence-corrected chi connectivity index (χ1v) is 5.26. The van der Waals surface area contributed by atoms with Crippen LogP contribution in [0.1, 0.15) is 15.9 Å². The van der Waals surface area contributed by atoms with E-state index in [0.717, 1.165) is 0 Å². The van der Waals surface area contributed by atoms with Gasteiger partial charge in [0.1, 0.15) is 0 Å². The number of hydrogen-bond acceptors (Lipinski definition) is 2. The maximum absolute atomic E-state index is 12.5. The number of nitrogens with one attached hydrogen (secondary N) is 1. The van der Waals surface area contributed by atoms with Crippen LogP contribution in [0.5, 0.6) is 0 Å². The first-order chi connectivity index (χ1) is 7.34. The highest BCUT2D eigenvalue weighted by Crippen LogP contribution is 2.22. The summed E-state index contributed by atoms with van der Waals surface area (Å²) in [6, 6.07) is 0. The Morgan fingerprint density at radius 2 is 2.12 bits per heavy atom. The highest BCUT2D eigenvalue weighted by Gasteiger charge is 2.40. The molecule has 1 aromatic heterocycles. The molecular formula is C9H9F4NOS. The third kappa shape index (κ3) is 2.94. The maximum atomic E-state index is 12.5. The lowest BCUT2D eigenvalue weighted by Gasteiger charge is -2.15. The second-order valence-corrected chi connectivity index (χ2v) is 3.96. The predicted octanol–water partition coefficient (Wildman–Crippen LogP) is 2.69. The van der Waals surface area contributed by atoms with Gasteiger partial charge in [0.05, 0.1) is 12.1 Å². The topological polar surface area (TPSA) is 29.1 Å². The Morgan fingerprint density at radius 3 is 2.56 bits per heavy atom. The fourth-order valence-electron chi connectivity index (χ4n) is 0.964. The molecule has 0 bridgehead atoms. The van der Waals surface area contributed by atoms with Gasteiger partial charge in [-0.25, -0.2) is 8.78 Å². The zero-order valence-corrected chi connectivity index (χ0v) is 9.08. The molecule has 0 radical (unpaired) electrons. The fraction of sp³-hybridized carbons (Fsp3) is 0.444. The van der Waals surface area contributed by atoms with Crippen LogP contribution in [-0.2, 0) is 0 Å². The number of thiophene rings is 1. The Morgan fingerprint density at radius 1 is 1.50 bits per heavy atom. The Labute approximate surface area is 93.3 Å². The van der Waals surface area contributed by atoms with Crippen molar-refractivity contribution in [2.24, 2.45) is 0 Å². The van der Waals surface area contributed by atoms with Gasteiger partial charge in [0.15, 0.2) is 0 Å². The van der Waals surface area contributed by atoms with E-state index >= 15 is 0 Å². The summed E-state index contributed by atoms with van der Waals surface area (Å²) in [6.45, 7) is 0.273. The van der Waals surface area contributed by atoms with Crippen molar-refractivity contribution in [1.82, 2.24) is 5.32 Å². The van der Waals surface area contributed by atoms with Crippen molar-refractivity contribution in [2.45, 2.75) is 19.3 Å². The highest BCUT2D eigenvalue weighted by molar-refractivity contribution is 7.08. The number of hydrogen-bond donors (Lipinski definition) is 1. The van der Waals surface area contributed by atoms with Crippen molar-refractivity contribution in [3.63, 3.8) is 0 Å². The van der Waals surface area contributed by atoms with Crippen LogP contribution in [0.2, 0.25) is 0 Å². The Hall–Kier alpha value is -1.11. The molecule has 0 atom stereocenters. The molecule has 0 saturated heterocycles. The van der Waals surface area contributed by atoms with Crippen molar-refractivity contribution in [2.75, 3.05) is 6.54 Å². The van der Waals surface area contributed by atoms with Crippen LogP contribution in [0, 0.1) is 6.92 Å². The molecule has 0 fully saturated rings. The number of carbonyl (C=O) groups excluding carboxylic acids is 1. The second-order valence-electron chi connectivity index (χ2n) is 3.21. The molecular weight excluding hydrogens is 246 g/mol. The molecule has 1 aromatic rings. The van der Waals surface area contributed by atoms with E-state index in [9.17, 15) is 22.4 Å². The van der Waals surface area contributed by atoms with E-state index in [1.54, 1.807) is 17.6 Å². The van der Waals surface area contributed by atoms with Crippen molar-refractivity contribution in [3.05, 3.63) is 21.9 Å². The summed E-state index contributed by atoms with van der Waals surface area (Å²) in [5.41, 5.74) is 0.859. The molecule has 0 aliphatic heterocycles. The van der Waals surface area contributed by atoms with E-state index in [1.807, 2.05) is 0 Å². The molecule has 1 rings (SSSR count). The molecule has 1 N–H and O–H groups in total. The third-order valence-corrected chi connectivity index (χ3v) is 2.77. The summed E-state index contributed by atoms with van der Waals surface area (Å²) in [4.78, 5) is 11.3. The number of amides is 1. The van der Waals surface area contributed by atoms with Gasteiger partial charge < -0.3 is 5.32 Å². The molecule has 7 heteroatoms. The number of aryl methyl sites for hydroxylation is 1. The molecule has 1 amide bonds. The van der Waals surface area contributed by atoms with E-state index in [0.29, 0.717) is 5.56 Å². The molecule has 90 valence electrons. The molecule has 0 aliphatic carbocycles. The van der Waals surface area contributed by atoms with Crippen LogP contribution < -0.4 is 5.32 Å². The number of rotatable bonds is 4. The minimum Gasteiger partial charge on any atom is -0.346 e. The molecule has 16 heavy (non-hydrogen) atoms. The lowest BCUT2D eigenvalue weighted by atomic mass is 10.2. The molecule has 0 spiro atoms. The normalized spacial score (nSPS) is 11.9. The average Bonchev–Trinajstić information content (AvgIpc) is 2.61.